The number of nitrogens with zero attached hydrogens (tertiary/aromatic N) is 30. The highest BCUT2D eigenvalue weighted by Crippen LogP contribution is 2.20. The van der Waals surface area contributed by atoms with Crippen LogP contribution in [-0.4, -0.2) is 288 Å². The molecule has 822 valence electrons. The van der Waals surface area contributed by atoms with Crippen molar-refractivity contribution in [3.05, 3.63) is 11.6 Å². The van der Waals surface area contributed by atoms with Crippen molar-refractivity contribution in [2.45, 2.75) is 250 Å². The lowest BCUT2D eigenvalue weighted by atomic mass is 10.1. The molecule has 0 bridgehead atoms. The number of aromatic nitrogens is 30. The summed E-state index contributed by atoms with van der Waals surface area (Å²) >= 11 is 0. The topological polar surface area (TPSA) is 1000 Å². The lowest BCUT2D eigenvalue weighted by molar-refractivity contribution is 0.282. The van der Waals surface area contributed by atoms with Crippen molar-refractivity contribution >= 4 is 167 Å². The van der Waals surface area contributed by atoms with E-state index in [1.54, 1.807) is 0 Å². The molecule has 62 nitrogen and oxygen atoms in total. The largest absolute Gasteiger partial charge is 0.396 e. The van der Waals surface area contributed by atoms with E-state index in [0.29, 0.717) is 134 Å². The number of nitrogens with two attached hydrogens (primary N) is 14. The summed E-state index contributed by atoms with van der Waals surface area (Å²) < 4.78 is 0. The number of unbranched alkanes of at least 4 members (excludes halogenated alkanes) is 27. The summed E-state index contributed by atoms with van der Waals surface area (Å²) in [5.74, 6) is 9.61. The Morgan fingerprint density at radius 3 is 0.403 bits per heavy atom. The lowest BCUT2D eigenvalue weighted by Crippen LogP contribution is -2.14. The molecule has 62 heteroatoms. The molecule has 10 aromatic heterocycles. The maximum absolute atomic E-state index is 8.91. The molecular formula is C87H160N58O4. The highest BCUT2D eigenvalue weighted by Gasteiger charge is 2.15. The normalized spacial score (nSPS) is 10.8. The molecule has 10 heterocycles. The average Bonchev–Trinajstić information content (AvgIpc) is 0.854. The molecule has 46 N–H and O–H groups in total. The van der Waals surface area contributed by atoms with Gasteiger partial charge in [0.2, 0.25) is 167 Å². The molecule has 0 aromatic carbocycles. The van der Waals surface area contributed by atoms with Crippen molar-refractivity contribution in [1.29, 1.82) is 0 Å². The predicted octanol–water partition coefficient (Wildman–Crippen LogP) is 4.20. The fourth-order valence-electron chi connectivity index (χ4n) is 14.0. The second-order valence-corrected chi connectivity index (χ2v) is 34.2. The molecule has 0 amide bonds. The maximum atomic E-state index is 8.91. The van der Waals surface area contributed by atoms with Gasteiger partial charge in [-0.2, -0.15) is 150 Å². The van der Waals surface area contributed by atoms with E-state index in [4.69, 9.17) is 101 Å². The van der Waals surface area contributed by atoms with Crippen molar-refractivity contribution in [3.63, 3.8) is 0 Å². The first-order valence-corrected chi connectivity index (χ1v) is 51.4. The first kappa shape index (κ1) is 120. The molecule has 10 aromatic rings. The van der Waals surface area contributed by atoms with Crippen LogP contribution in [0.4, 0.5) is 167 Å². The number of anilines is 28. The number of hydrogen-bond acceptors (Lipinski definition) is 62. The molecule has 0 aliphatic heterocycles. The Bertz CT molecular complexity index is 5070. The van der Waals surface area contributed by atoms with E-state index in [0.717, 1.165) is 303 Å². The van der Waals surface area contributed by atoms with Crippen molar-refractivity contribution in [1.82, 2.24) is 150 Å². The van der Waals surface area contributed by atoms with Crippen molar-refractivity contribution in [2.24, 2.45) is 0 Å². The van der Waals surface area contributed by atoms with Gasteiger partial charge < -0.3 is 175 Å². The molecule has 0 unspecified atom stereocenters. The molecule has 0 atom stereocenters. The third kappa shape index (κ3) is 57.7. The van der Waals surface area contributed by atoms with Crippen LogP contribution < -0.4 is 155 Å². The minimum atomic E-state index is 0.0888. The summed E-state index contributed by atoms with van der Waals surface area (Å²) in [5.41, 5.74) is 79.0. The molecule has 0 aliphatic rings. The van der Waals surface area contributed by atoms with Gasteiger partial charge in [-0.1, -0.05) is 83.5 Å². The van der Waals surface area contributed by atoms with Gasteiger partial charge in [0.15, 0.2) is 0 Å². The van der Waals surface area contributed by atoms with E-state index in [9.17, 15) is 0 Å². The Kier molecular flexibility index (Phi) is 59.9. The third-order valence-corrected chi connectivity index (χ3v) is 21.3. The molecular weight excluding hydrogens is 1920 g/mol. The van der Waals surface area contributed by atoms with Gasteiger partial charge in [-0.3, -0.25) is 0 Å². The second-order valence-electron chi connectivity index (χ2n) is 34.2. The van der Waals surface area contributed by atoms with Crippen LogP contribution in [-0.2, 0) is 12.8 Å². The molecule has 149 heavy (non-hydrogen) atoms. The minimum Gasteiger partial charge on any atom is -0.396 e. The Labute approximate surface area is 867 Å². The smallest absolute Gasteiger partial charge is 0.229 e. The highest BCUT2D eigenvalue weighted by molar-refractivity contribution is 5.46. The summed E-state index contributed by atoms with van der Waals surface area (Å²) in [6.07, 6.45) is 37.5. The van der Waals surface area contributed by atoms with Crippen LogP contribution in [0.1, 0.15) is 249 Å². The number of nitrogen functional groups attached to an aromatic ring is 14. The third-order valence-electron chi connectivity index (χ3n) is 21.3. The summed E-state index contributed by atoms with van der Waals surface area (Å²) in [4.78, 5) is 123. The van der Waals surface area contributed by atoms with Crippen LogP contribution in [0.15, 0.2) is 0 Å². The van der Waals surface area contributed by atoms with Crippen LogP contribution in [0, 0.1) is 0 Å². The fraction of sp³-hybridized carbons (Fsp3) is 0.655. The van der Waals surface area contributed by atoms with Gasteiger partial charge in [-0.25, -0.2) is 0 Å². The molecule has 10 rings (SSSR count). The van der Waals surface area contributed by atoms with Gasteiger partial charge in [0.05, 0.1) is 0 Å². The van der Waals surface area contributed by atoms with Crippen molar-refractivity contribution in [3.8, 4) is 0 Å². The lowest BCUT2D eigenvalue weighted by Gasteiger charge is -2.11. The molecule has 0 radical (unpaired) electrons. The summed E-state index contributed by atoms with van der Waals surface area (Å²) in [7, 11) is 0. The Hall–Kier alpha value is -15.7. The van der Waals surface area contributed by atoms with Crippen molar-refractivity contribution in [2.75, 3.05) is 273 Å². The molecule has 0 saturated heterocycles. The van der Waals surface area contributed by atoms with Crippen molar-refractivity contribution < 1.29 is 20.4 Å². The Morgan fingerprint density at radius 1 is 0.114 bits per heavy atom. The standard InChI is InChI=1S/C24H44N18O.C24H46N12O2.C21H36N16.C18H34N12O/c25-16-34-17(26)36-20(35-16)29-10-4-1-5-11-30-21-37-18(27)38-22(41-21)31-12-6-2-7-13-32-23-39-19(28)40-24(42-23)33-14-8-3-9-15-43;25-19-31-20(26)33-21(32-19)27-13-7-1-2-8-14-28-22-34-23(29-15-9-3-5-11-17-37)36-24(35-22)30-16-10-4-6-12-18-38;22-15-29-13(30-16(23)33-15)9-5-2-1-3-6-10-14-31-17(24)35-20(32-14)27-11-7-4-8-12-28-21-36-18(25)34-19(26)37-21;19-13-25-14(20)27-16(26-13)22-9-5-1-2-6-10-23-17-28-15(21)29-18(30-17)24-11-7-3-4-8-12-31/h43H,1-15H2,(H5,25,26,29,34,35,36)(H4,27,30,31,37,38,41)(H4,28,32,33,39,40,42);37-38H,1-18H2,(H5,25,26,27,31,32,33)(H3,28,29,30,34,35,36);1-12H2,(H4,22,23,29,30,33)(H3,24,27,31,32,35)(H5,25,26,28,34,36,37);31H,1-12H2,(H5,19,20,22,25,26,27)(H4,21,23,24,28,29,30). The molecule has 0 spiro atoms. The number of aliphatic hydroxyl groups is 4. The maximum Gasteiger partial charge on any atom is 0.229 e. The fourth-order valence-corrected chi connectivity index (χ4v) is 14.0. The number of aliphatic hydroxyl groups excluding tert-OH is 4. The summed E-state index contributed by atoms with van der Waals surface area (Å²) in [6.45, 7) is 11.1. The van der Waals surface area contributed by atoms with E-state index in [1.807, 2.05) is 0 Å². The van der Waals surface area contributed by atoms with Gasteiger partial charge in [0, 0.05) is 131 Å². The molecule has 0 fully saturated rings. The molecule has 0 saturated carbocycles. The highest BCUT2D eigenvalue weighted by atomic mass is 16.3. The van der Waals surface area contributed by atoms with E-state index >= 15 is 0 Å². The van der Waals surface area contributed by atoms with E-state index in [2.05, 4.69) is 224 Å². The quantitative estimate of drug-likeness (QED) is 0.0237. The predicted molar refractivity (Wildman–Crippen MR) is 585 cm³/mol. The number of nitrogens with one attached hydrogen (secondary N) is 14. The SMILES string of the molecule is Nc1nc(N)nc(CCCCCCCc2nc(N)nc(NCCCCCNc3nc(N)nc(N)n3)n2)n1.Nc1nc(N)nc(NCCCCCCNc2nc(N)nc(NCCCCCCO)n2)n1.Nc1nc(N)nc(NCCCCCCNc2nc(NCCCCCCO)nc(NCCCCCCO)n2)n1.Nc1nc(N)nc(NCCCCCNc2nc(N)nc(NCCCCCNc3nc(N)nc(NCCCCCO)n3)n2)n1. The zero-order valence-electron chi connectivity index (χ0n) is 85.6. The number of aryl methyl sites for hydroxylation is 2. The van der Waals surface area contributed by atoms with E-state index in [-0.39, 0.29) is 110 Å². The monoisotopic (exact) mass is 2080 g/mol. The zero-order chi connectivity index (χ0) is 107. The Morgan fingerprint density at radius 2 is 0.221 bits per heavy atom. The minimum absolute atomic E-state index is 0.0888. The average molecular weight is 2080 g/mol. The van der Waals surface area contributed by atoms with Crippen LogP contribution in [0.25, 0.3) is 0 Å². The van der Waals surface area contributed by atoms with Gasteiger partial charge in [-0.15, -0.1) is 0 Å². The van der Waals surface area contributed by atoms with Crippen LogP contribution in [0.2, 0.25) is 0 Å². The molecule has 0 aliphatic carbocycles. The Balaban J connectivity index is 0.000000270. The second kappa shape index (κ2) is 74.3. The first-order chi connectivity index (χ1) is 72.4. The number of rotatable bonds is 77. The summed E-state index contributed by atoms with van der Waals surface area (Å²) in [5, 5.41) is 80.1. The van der Waals surface area contributed by atoms with Crippen LogP contribution >= 0.6 is 0 Å². The number of hydrogen-bond donors (Lipinski definition) is 32. The van der Waals surface area contributed by atoms with Gasteiger partial charge in [0.1, 0.15) is 11.6 Å². The van der Waals surface area contributed by atoms with Gasteiger partial charge in [-0.05, 0) is 154 Å². The van der Waals surface area contributed by atoms with Crippen LogP contribution in [0.5, 0.6) is 0 Å². The first-order valence-electron chi connectivity index (χ1n) is 51.4. The van der Waals surface area contributed by atoms with E-state index in [1.165, 1.54) is 0 Å². The van der Waals surface area contributed by atoms with Crippen LogP contribution in [0.3, 0.4) is 0 Å². The zero-order valence-corrected chi connectivity index (χ0v) is 85.6. The van der Waals surface area contributed by atoms with Gasteiger partial charge in [0.25, 0.3) is 0 Å². The van der Waals surface area contributed by atoms with Gasteiger partial charge >= 0.3 is 0 Å². The summed E-state index contributed by atoms with van der Waals surface area (Å²) in [6, 6.07) is 0. The van der Waals surface area contributed by atoms with E-state index < -0.39 is 0 Å².